The summed E-state index contributed by atoms with van der Waals surface area (Å²) in [6, 6.07) is 18.6. The third-order valence-electron chi connectivity index (χ3n) is 7.47. The molecule has 0 amide bonds. The molecule has 0 fully saturated rings. The monoisotopic (exact) mass is 460 g/mol. The lowest BCUT2D eigenvalue weighted by molar-refractivity contribution is 0.398. The molecular weight excluding hydrogens is 415 g/mol. The summed E-state index contributed by atoms with van der Waals surface area (Å²) in [7, 11) is 0.389. The molecule has 0 unspecified atom stereocenters. The fourth-order valence-electron chi connectivity index (χ4n) is 5.69. The highest BCUT2D eigenvalue weighted by Crippen LogP contribution is 2.53. The zero-order valence-electron chi connectivity index (χ0n) is 21.7. The van der Waals surface area contributed by atoms with Crippen molar-refractivity contribution in [3.8, 4) is 11.1 Å². The van der Waals surface area contributed by atoms with Crippen LogP contribution < -0.4 is 0 Å². The number of hydrogen-bond acceptors (Lipinski definition) is 2. The molecular formula is C31H45BO2. The summed E-state index contributed by atoms with van der Waals surface area (Å²) in [5, 5.41) is 0. The van der Waals surface area contributed by atoms with Crippen LogP contribution in [0.25, 0.3) is 11.1 Å². The van der Waals surface area contributed by atoms with Crippen LogP contribution in [0.1, 0.15) is 115 Å². The van der Waals surface area contributed by atoms with Crippen LogP contribution in [0.3, 0.4) is 0 Å². The van der Waals surface area contributed by atoms with Gasteiger partial charge in [0, 0.05) is 5.41 Å². The Morgan fingerprint density at radius 1 is 0.559 bits per heavy atom. The largest absolute Gasteiger partial charge is 0.575 e. The van der Waals surface area contributed by atoms with Crippen LogP contribution in [-0.2, 0) is 14.7 Å². The highest BCUT2D eigenvalue weighted by Gasteiger charge is 2.41. The van der Waals surface area contributed by atoms with Crippen molar-refractivity contribution in [2.45, 2.75) is 109 Å². The first-order valence-electron chi connectivity index (χ1n) is 13.9. The maximum absolute atomic E-state index is 4.54. The molecule has 0 saturated heterocycles. The summed E-state index contributed by atoms with van der Waals surface area (Å²) in [4.78, 5) is 0. The molecule has 0 radical (unpaired) electrons. The molecule has 4 rings (SSSR count). The van der Waals surface area contributed by atoms with Crippen molar-refractivity contribution in [1.82, 2.24) is 0 Å². The lowest BCUT2D eigenvalue weighted by Crippen LogP contribution is -2.25. The van der Waals surface area contributed by atoms with Gasteiger partial charge >= 0.3 is 7.69 Å². The van der Waals surface area contributed by atoms with Crippen molar-refractivity contribution >= 4 is 7.69 Å². The van der Waals surface area contributed by atoms with Crippen LogP contribution in [0.4, 0.5) is 0 Å². The summed E-state index contributed by atoms with van der Waals surface area (Å²) in [5.74, 6) is 0. The van der Waals surface area contributed by atoms with Gasteiger partial charge in [0.15, 0.2) is 0 Å². The highest BCUT2D eigenvalue weighted by molar-refractivity contribution is 6.19. The smallest absolute Gasteiger partial charge is 0.532 e. The second-order valence-electron chi connectivity index (χ2n) is 9.93. The zero-order valence-corrected chi connectivity index (χ0v) is 21.7. The van der Waals surface area contributed by atoms with Crippen molar-refractivity contribution in [2.24, 2.45) is 0 Å². The van der Waals surface area contributed by atoms with Gasteiger partial charge in [-0.3, -0.25) is 0 Å². The van der Waals surface area contributed by atoms with Crippen LogP contribution in [0, 0.1) is 0 Å². The molecule has 1 aliphatic heterocycles. The number of rotatable bonds is 14. The summed E-state index contributed by atoms with van der Waals surface area (Å²) in [6.45, 7) is 4.61. The van der Waals surface area contributed by atoms with Gasteiger partial charge in [-0.1, -0.05) is 139 Å². The van der Waals surface area contributed by atoms with Crippen LogP contribution in [0.5, 0.6) is 0 Å². The summed E-state index contributed by atoms with van der Waals surface area (Å²) < 4.78 is 9.08. The molecule has 0 saturated carbocycles. The van der Waals surface area contributed by atoms with Crippen molar-refractivity contribution in [3.05, 3.63) is 72.2 Å². The zero-order chi connectivity index (χ0) is 23.9. The van der Waals surface area contributed by atoms with Gasteiger partial charge in [0.1, 0.15) is 0 Å². The molecule has 0 atom stereocenters. The first-order valence-corrected chi connectivity index (χ1v) is 13.9. The molecule has 3 heteroatoms. The second kappa shape index (κ2) is 15.0. The molecule has 2 aromatic rings. The Bertz CT molecular complexity index is 791. The minimum atomic E-state index is 0.253. The lowest BCUT2D eigenvalue weighted by atomic mass is 9.70. The normalized spacial score (nSPS) is 14.3. The standard InChI is InChI=1S/C29H42.C2H3BO2/c1-3-5-7-9-11-17-23-29(24-18-12-10-8-6-4-2)27-21-15-13-19-25(27)26-20-14-16-22-28(26)29;1-2-5-3-4-1/h13-16,19-22H,3-12,17-18,23-24H2,1-2H3;1-3H. The first kappa shape index (κ1) is 26.4. The minimum Gasteiger partial charge on any atom is -0.532 e. The highest BCUT2D eigenvalue weighted by atomic mass is 16.6. The van der Waals surface area contributed by atoms with E-state index < -0.39 is 0 Å². The summed E-state index contributed by atoms with van der Waals surface area (Å²) >= 11 is 0. The Hall–Kier alpha value is -2.16. The molecule has 2 nitrogen and oxygen atoms in total. The molecule has 1 aliphatic carbocycles. The number of fused-ring (bicyclic) bond motifs is 3. The van der Waals surface area contributed by atoms with E-state index in [9.17, 15) is 0 Å². The van der Waals surface area contributed by atoms with E-state index in [0.29, 0.717) is 7.69 Å². The Morgan fingerprint density at radius 3 is 1.38 bits per heavy atom. The van der Waals surface area contributed by atoms with Gasteiger partial charge in [-0.05, 0) is 35.1 Å². The third-order valence-corrected chi connectivity index (χ3v) is 7.47. The predicted octanol–water partition coefficient (Wildman–Crippen LogP) is 9.23. The molecule has 34 heavy (non-hydrogen) atoms. The van der Waals surface area contributed by atoms with Gasteiger partial charge < -0.3 is 9.31 Å². The summed E-state index contributed by atoms with van der Waals surface area (Å²) in [5.41, 5.74) is 6.48. The average molecular weight is 461 g/mol. The van der Waals surface area contributed by atoms with Crippen LogP contribution in [0.2, 0.25) is 0 Å². The fraction of sp³-hybridized carbons (Fsp3) is 0.548. The van der Waals surface area contributed by atoms with Gasteiger partial charge in [-0.2, -0.15) is 0 Å². The topological polar surface area (TPSA) is 18.5 Å². The van der Waals surface area contributed by atoms with E-state index in [0.717, 1.165) is 0 Å². The van der Waals surface area contributed by atoms with Crippen molar-refractivity contribution < 1.29 is 9.31 Å². The third kappa shape index (κ3) is 7.17. The minimum absolute atomic E-state index is 0.253. The number of benzene rings is 2. The Labute approximate surface area is 209 Å². The molecule has 0 N–H and O–H groups in total. The summed E-state index contributed by atoms with van der Waals surface area (Å²) in [6.07, 6.45) is 22.3. The number of unbranched alkanes of at least 4 members (excludes halogenated alkanes) is 10. The SMILES string of the molecule is B1OC=CO1.CCCCCCCCC1(CCCCCCCC)c2ccccc2-c2ccccc21. The number of hydrogen-bond donors (Lipinski definition) is 0. The van der Waals surface area contributed by atoms with E-state index in [-0.39, 0.29) is 5.41 Å². The van der Waals surface area contributed by atoms with Gasteiger partial charge in [-0.25, -0.2) is 0 Å². The Kier molecular flexibility index (Phi) is 11.6. The van der Waals surface area contributed by atoms with Crippen molar-refractivity contribution in [1.29, 1.82) is 0 Å². The Morgan fingerprint density at radius 2 is 0.971 bits per heavy atom. The Balaban J connectivity index is 0.000000574. The molecule has 184 valence electrons. The second-order valence-corrected chi connectivity index (χ2v) is 9.93. The van der Waals surface area contributed by atoms with Gasteiger partial charge in [0.05, 0.1) is 12.5 Å². The van der Waals surface area contributed by atoms with Crippen LogP contribution >= 0.6 is 0 Å². The maximum atomic E-state index is 4.54. The molecule has 0 aromatic heterocycles. The quantitative estimate of drug-likeness (QED) is 0.207. The maximum Gasteiger partial charge on any atom is 0.575 e. The van der Waals surface area contributed by atoms with E-state index in [1.54, 1.807) is 11.1 Å². The van der Waals surface area contributed by atoms with Crippen molar-refractivity contribution in [2.75, 3.05) is 0 Å². The van der Waals surface area contributed by atoms with E-state index >= 15 is 0 Å². The molecule has 2 aliphatic rings. The van der Waals surface area contributed by atoms with E-state index in [1.807, 2.05) is 0 Å². The molecule has 2 aromatic carbocycles. The van der Waals surface area contributed by atoms with E-state index in [1.165, 1.54) is 114 Å². The molecule has 0 bridgehead atoms. The van der Waals surface area contributed by atoms with E-state index in [4.69, 9.17) is 0 Å². The van der Waals surface area contributed by atoms with Gasteiger partial charge in [-0.15, -0.1) is 0 Å². The molecule has 1 heterocycles. The van der Waals surface area contributed by atoms with Crippen LogP contribution in [-0.4, -0.2) is 7.69 Å². The van der Waals surface area contributed by atoms with Gasteiger partial charge in [0.25, 0.3) is 0 Å². The fourth-order valence-corrected chi connectivity index (χ4v) is 5.69. The lowest BCUT2D eigenvalue weighted by Gasteiger charge is -2.33. The van der Waals surface area contributed by atoms with E-state index in [2.05, 4.69) is 71.7 Å². The first-order chi connectivity index (χ1) is 16.8. The molecule has 0 spiro atoms. The van der Waals surface area contributed by atoms with Crippen molar-refractivity contribution in [3.63, 3.8) is 0 Å². The average Bonchev–Trinajstić information content (AvgIpc) is 3.55. The predicted molar refractivity (Wildman–Crippen MR) is 147 cm³/mol. The van der Waals surface area contributed by atoms with Crippen LogP contribution in [0.15, 0.2) is 61.1 Å². The van der Waals surface area contributed by atoms with Gasteiger partial charge in [0.2, 0.25) is 0 Å².